The normalized spacial score (nSPS) is 24.3. The van der Waals surface area contributed by atoms with Crippen LogP contribution in [0.25, 0.3) is 11.0 Å². The Bertz CT molecular complexity index is 1080. The summed E-state index contributed by atoms with van der Waals surface area (Å²) in [5, 5.41) is 10.2. The molecule has 3 aromatic rings. The molecule has 11 heteroatoms. The standard InChI is InChI=1S/C20H20FIN4O5/c1-10(11-5-3-2-4-6-11)29-20(28)31-16-13(8-27)30-19(15(16)21)26-7-12(22)14-17(23)24-9-25-18(14)26/h2-7,9-10,13,15-16,19,27H,8H2,1H3,(H2,23,24,25)/t10?,13-,15+,16-,19-/m1/s1. The lowest BCUT2D eigenvalue weighted by molar-refractivity contribution is -0.0597. The Hall–Kier alpha value is -2.51. The molecule has 1 unspecified atom stereocenters. The highest BCUT2D eigenvalue weighted by Crippen LogP contribution is 2.38. The molecule has 3 N–H and O–H groups in total. The van der Waals surface area contributed by atoms with Gasteiger partial charge in [-0.25, -0.2) is 19.2 Å². The van der Waals surface area contributed by atoms with Gasteiger partial charge in [0.15, 0.2) is 18.5 Å². The van der Waals surface area contributed by atoms with Gasteiger partial charge in [-0.2, -0.15) is 0 Å². The van der Waals surface area contributed by atoms with E-state index in [-0.39, 0.29) is 5.82 Å². The number of nitrogens with zero attached hydrogens (tertiary/aromatic N) is 3. The zero-order valence-corrected chi connectivity index (χ0v) is 18.5. The summed E-state index contributed by atoms with van der Waals surface area (Å²) in [6.45, 7) is 1.13. The summed E-state index contributed by atoms with van der Waals surface area (Å²) in [5.41, 5.74) is 7.06. The van der Waals surface area contributed by atoms with Crippen LogP contribution in [0.1, 0.15) is 24.8 Å². The predicted octanol–water partition coefficient (Wildman–Crippen LogP) is 3.13. The molecule has 1 aromatic carbocycles. The van der Waals surface area contributed by atoms with Gasteiger partial charge in [0.05, 0.1) is 12.0 Å². The Morgan fingerprint density at radius 1 is 1.39 bits per heavy atom. The quantitative estimate of drug-likeness (QED) is 0.373. The Kier molecular flexibility index (Phi) is 6.25. The van der Waals surface area contributed by atoms with Crippen LogP contribution in [0.3, 0.4) is 0 Å². The molecule has 0 radical (unpaired) electrons. The van der Waals surface area contributed by atoms with Crippen LogP contribution in [0.5, 0.6) is 0 Å². The zero-order chi connectivity index (χ0) is 22.1. The second-order valence-electron chi connectivity index (χ2n) is 7.04. The number of carbonyl (C=O) groups is 1. The number of benzene rings is 1. The molecule has 5 atom stereocenters. The van der Waals surface area contributed by atoms with Gasteiger partial charge in [0.2, 0.25) is 0 Å². The van der Waals surface area contributed by atoms with Crippen LogP contribution in [0.4, 0.5) is 15.0 Å². The van der Waals surface area contributed by atoms with Gasteiger partial charge in [-0.15, -0.1) is 0 Å². The van der Waals surface area contributed by atoms with Crippen molar-refractivity contribution in [1.82, 2.24) is 14.5 Å². The monoisotopic (exact) mass is 542 g/mol. The molecular formula is C20H20FIN4O5. The molecule has 4 rings (SSSR count). The van der Waals surface area contributed by atoms with Gasteiger partial charge in [-0.1, -0.05) is 30.3 Å². The molecule has 0 amide bonds. The highest BCUT2D eigenvalue weighted by atomic mass is 127. The summed E-state index contributed by atoms with van der Waals surface area (Å²) in [6.07, 6.45) is -4.14. The molecule has 0 bridgehead atoms. The number of anilines is 1. The van der Waals surface area contributed by atoms with Crippen molar-refractivity contribution < 1.29 is 28.5 Å². The number of hydrogen-bond donors (Lipinski definition) is 2. The molecule has 1 aliphatic rings. The summed E-state index contributed by atoms with van der Waals surface area (Å²) < 4.78 is 33.7. The van der Waals surface area contributed by atoms with Crippen molar-refractivity contribution in [3.63, 3.8) is 0 Å². The van der Waals surface area contributed by atoms with E-state index in [9.17, 15) is 9.90 Å². The maximum atomic E-state index is 15.4. The number of halogens is 2. The number of fused-ring (bicyclic) bond motifs is 1. The Labute approximate surface area is 190 Å². The van der Waals surface area contributed by atoms with Crippen LogP contribution in [-0.2, 0) is 14.2 Å². The Morgan fingerprint density at radius 2 is 2.13 bits per heavy atom. The van der Waals surface area contributed by atoms with E-state index in [4.69, 9.17) is 19.9 Å². The van der Waals surface area contributed by atoms with Crippen LogP contribution in [-0.4, -0.2) is 50.8 Å². The topological polar surface area (TPSA) is 122 Å². The smallest absolute Gasteiger partial charge is 0.426 e. The lowest BCUT2D eigenvalue weighted by Gasteiger charge is -2.20. The summed E-state index contributed by atoms with van der Waals surface area (Å²) in [7, 11) is 0. The average molecular weight is 542 g/mol. The fourth-order valence-electron chi connectivity index (χ4n) is 3.54. The van der Waals surface area contributed by atoms with Crippen LogP contribution in [0.15, 0.2) is 42.9 Å². The number of aromatic nitrogens is 3. The highest BCUT2D eigenvalue weighted by molar-refractivity contribution is 14.1. The summed E-state index contributed by atoms with van der Waals surface area (Å²) >= 11 is 2.04. The number of nitrogen functional groups attached to an aromatic ring is 1. The van der Waals surface area contributed by atoms with Gasteiger partial charge >= 0.3 is 6.16 Å². The molecule has 0 spiro atoms. The van der Waals surface area contributed by atoms with E-state index in [2.05, 4.69) is 9.97 Å². The first-order valence-corrected chi connectivity index (χ1v) is 10.6. The molecule has 0 aliphatic carbocycles. The lowest BCUT2D eigenvalue weighted by atomic mass is 10.1. The molecule has 31 heavy (non-hydrogen) atoms. The van der Waals surface area contributed by atoms with E-state index in [1.165, 1.54) is 10.9 Å². The number of carbonyl (C=O) groups excluding carboxylic acids is 1. The van der Waals surface area contributed by atoms with E-state index in [1.54, 1.807) is 25.3 Å². The fourth-order valence-corrected chi connectivity index (χ4v) is 4.35. The average Bonchev–Trinajstić information content (AvgIpc) is 3.26. The van der Waals surface area contributed by atoms with Gasteiger partial charge in [-0.3, -0.25) is 0 Å². The maximum absolute atomic E-state index is 15.4. The van der Waals surface area contributed by atoms with Crippen LogP contribution in [0.2, 0.25) is 0 Å². The van der Waals surface area contributed by atoms with Gasteiger partial charge in [-0.05, 0) is 35.1 Å². The minimum atomic E-state index is -1.78. The molecule has 2 aromatic heterocycles. The second kappa shape index (κ2) is 8.93. The van der Waals surface area contributed by atoms with Crippen molar-refractivity contribution in [2.45, 2.75) is 37.6 Å². The van der Waals surface area contributed by atoms with Gasteiger partial charge in [0, 0.05) is 9.77 Å². The maximum Gasteiger partial charge on any atom is 0.509 e. The van der Waals surface area contributed by atoms with Gasteiger partial charge in [0.25, 0.3) is 0 Å². The van der Waals surface area contributed by atoms with Crippen molar-refractivity contribution in [1.29, 1.82) is 0 Å². The van der Waals surface area contributed by atoms with E-state index in [1.807, 2.05) is 40.8 Å². The Balaban J connectivity index is 1.52. The second-order valence-corrected chi connectivity index (χ2v) is 8.20. The van der Waals surface area contributed by atoms with E-state index < -0.39 is 43.5 Å². The number of aliphatic hydroxyl groups excluding tert-OH is 1. The molecule has 1 fully saturated rings. The molecule has 164 valence electrons. The summed E-state index contributed by atoms with van der Waals surface area (Å²) in [4.78, 5) is 20.4. The van der Waals surface area contributed by atoms with Gasteiger partial charge < -0.3 is 29.6 Å². The third-order valence-electron chi connectivity index (χ3n) is 5.09. The minimum Gasteiger partial charge on any atom is -0.426 e. The molecule has 1 saturated heterocycles. The van der Waals surface area contributed by atoms with Crippen LogP contribution < -0.4 is 5.73 Å². The fraction of sp³-hybridized carbons (Fsp3) is 0.350. The number of hydrogen-bond acceptors (Lipinski definition) is 8. The van der Waals surface area contributed by atoms with Crippen molar-refractivity contribution in [2.24, 2.45) is 0 Å². The lowest BCUT2D eigenvalue weighted by Crippen LogP contribution is -2.36. The number of nitrogens with two attached hydrogens (primary N) is 1. The predicted molar refractivity (Wildman–Crippen MR) is 117 cm³/mol. The Morgan fingerprint density at radius 3 is 2.84 bits per heavy atom. The largest absolute Gasteiger partial charge is 0.509 e. The third kappa shape index (κ3) is 4.16. The first-order valence-electron chi connectivity index (χ1n) is 9.49. The minimum absolute atomic E-state index is 0.256. The molecule has 3 heterocycles. The van der Waals surface area contributed by atoms with Crippen LogP contribution >= 0.6 is 22.6 Å². The zero-order valence-electron chi connectivity index (χ0n) is 16.4. The molecule has 9 nitrogen and oxygen atoms in total. The van der Waals surface area contributed by atoms with Crippen molar-refractivity contribution in [3.05, 3.63) is 52.0 Å². The molecular weight excluding hydrogens is 522 g/mol. The van der Waals surface area contributed by atoms with E-state index in [0.717, 1.165) is 5.56 Å². The van der Waals surface area contributed by atoms with Crippen molar-refractivity contribution in [3.8, 4) is 0 Å². The summed E-state index contributed by atoms with van der Waals surface area (Å²) in [5.74, 6) is 0.256. The number of alkyl halides is 1. The van der Waals surface area contributed by atoms with Gasteiger partial charge in [0.1, 0.15) is 30.0 Å². The first-order chi connectivity index (χ1) is 14.9. The first kappa shape index (κ1) is 21.7. The molecule has 1 aliphatic heterocycles. The summed E-state index contributed by atoms with van der Waals surface area (Å²) in [6, 6.07) is 9.07. The SMILES string of the molecule is CC(OC(=O)O[C@H]1[C@H](F)[C@H](n2cc(I)c3c(N)ncnc32)O[C@@H]1CO)c1ccccc1. The van der Waals surface area contributed by atoms with Crippen LogP contribution in [0, 0.1) is 3.57 Å². The van der Waals surface area contributed by atoms with E-state index in [0.29, 0.717) is 14.6 Å². The van der Waals surface area contributed by atoms with Crippen molar-refractivity contribution in [2.75, 3.05) is 12.3 Å². The third-order valence-corrected chi connectivity index (χ3v) is 5.91. The molecule has 0 saturated carbocycles. The van der Waals surface area contributed by atoms with E-state index >= 15 is 4.39 Å². The number of rotatable bonds is 5. The number of ether oxygens (including phenoxy) is 3. The highest BCUT2D eigenvalue weighted by Gasteiger charge is 2.49. The van der Waals surface area contributed by atoms with Crippen molar-refractivity contribution >= 4 is 45.6 Å². The number of aliphatic hydroxyl groups is 1.